The number of nitrogen functional groups attached to an aromatic ring is 1. The molecule has 1 aromatic carbocycles. The molecule has 0 saturated carbocycles. The molecule has 1 heterocycles. The molecule has 100 valence electrons. The number of aryl methyl sites for hydroxylation is 1. The molecule has 1 amide bonds. The molecule has 1 aromatic heterocycles. The van der Waals surface area contributed by atoms with Gasteiger partial charge in [0, 0.05) is 11.8 Å². The van der Waals surface area contributed by atoms with Gasteiger partial charge in [-0.15, -0.1) is 0 Å². The first-order valence-electron chi connectivity index (χ1n) is 5.81. The van der Waals surface area contributed by atoms with Crippen LogP contribution in [0.15, 0.2) is 34.9 Å². The van der Waals surface area contributed by atoms with Gasteiger partial charge in [0.15, 0.2) is 6.61 Å². The second kappa shape index (κ2) is 5.90. The van der Waals surface area contributed by atoms with Crippen LogP contribution in [0.3, 0.4) is 0 Å². The SMILES string of the molecule is Cc1cc(CNC(=O)COc2ccc(N)cc2)no1. The first kappa shape index (κ1) is 12.9. The number of ether oxygens (including phenoxy) is 1. The number of amides is 1. The van der Waals surface area contributed by atoms with Crippen LogP contribution in [0.25, 0.3) is 0 Å². The third-order valence-corrected chi connectivity index (χ3v) is 2.39. The Hall–Kier alpha value is -2.50. The first-order valence-corrected chi connectivity index (χ1v) is 5.81. The number of aromatic nitrogens is 1. The van der Waals surface area contributed by atoms with Gasteiger partial charge in [-0.1, -0.05) is 5.16 Å². The molecule has 0 atom stereocenters. The minimum Gasteiger partial charge on any atom is -0.484 e. The molecule has 3 N–H and O–H groups in total. The second-order valence-corrected chi connectivity index (χ2v) is 4.06. The summed E-state index contributed by atoms with van der Waals surface area (Å²) in [5.74, 6) is 1.08. The molecule has 2 aromatic rings. The molecule has 0 bridgehead atoms. The van der Waals surface area contributed by atoms with Crippen LogP contribution in [-0.2, 0) is 11.3 Å². The maximum absolute atomic E-state index is 11.5. The van der Waals surface area contributed by atoms with E-state index < -0.39 is 0 Å². The fraction of sp³-hybridized carbons (Fsp3) is 0.231. The lowest BCUT2D eigenvalue weighted by molar-refractivity contribution is -0.123. The van der Waals surface area contributed by atoms with Gasteiger partial charge >= 0.3 is 0 Å². The van der Waals surface area contributed by atoms with Crippen LogP contribution in [0.1, 0.15) is 11.5 Å². The fourth-order valence-corrected chi connectivity index (χ4v) is 1.45. The first-order chi connectivity index (χ1) is 9.13. The second-order valence-electron chi connectivity index (χ2n) is 4.06. The zero-order valence-electron chi connectivity index (χ0n) is 10.6. The van der Waals surface area contributed by atoms with E-state index in [0.29, 0.717) is 29.4 Å². The van der Waals surface area contributed by atoms with E-state index in [9.17, 15) is 4.79 Å². The smallest absolute Gasteiger partial charge is 0.258 e. The molecular weight excluding hydrogens is 246 g/mol. The van der Waals surface area contributed by atoms with E-state index in [1.165, 1.54) is 0 Å². The van der Waals surface area contributed by atoms with Crippen molar-refractivity contribution in [1.29, 1.82) is 0 Å². The number of nitrogens with one attached hydrogen (secondary N) is 1. The monoisotopic (exact) mass is 261 g/mol. The van der Waals surface area contributed by atoms with Gasteiger partial charge in [-0.2, -0.15) is 0 Å². The Morgan fingerprint density at radius 1 is 1.42 bits per heavy atom. The zero-order valence-corrected chi connectivity index (χ0v) is 10.6. The Labute approximate surface area is 110 Å². The molecule has 0 radical (unpaired) electrons. The zero-order chi connectivity index (χ0) is 13.7. The van der Waals surface area contributed by atoms with Crippen molar-refractivity contribution < 1.29 is 14.1 Å². The van der Waals surface area contributed by atoms with Crippen molar-refractivity contribution in [3.63, 3.8) is 0 Å². The summed E-state index contributed by atoms with van der Waals surface area (Å²) in [6.07, 6.45) is 0. The molecule has 0 unspecified atom stereocenters. The van der Waals surface area contributed by atoms with Crippen LogP contribution in [0.5, 0.6) is 5.75 Å². The summed E-state index contributed by atoms with van der Waals surface area (Å²) in [5, 5.41) is 6.45. The van der Waals surface area contributed by atoms with Crippen LogP contribution in [0.2, 0.25) is 0 Å². The number of anilines is 1. The molecule has 0 aliphatic rings. The lowest BCUT2D eigenvalue weighted by Crippen LogP contribution is -2.28. The molecule has 0 aliphatic carbocycles. The van der Waals surface area contributed by atoms with E-state index in [0.717, 1.165) is 0 Å². The van der Waals surface area contributed by atoms with Gasteiger partial charge in [0.1, 0.15) is 17.2 Å². The normalized spacial score (nSPS) is 10.2. The number of hydrogen-bond acceptors (Lipinski definition) is 5. The molecule has 0 fully saturated rings. The summed E-state index contributed by atoms with van der Waals surface area (Å²) in [6, 6.07) is 8.62. The Bertz CT molecular complexity index is 549. The van der Waals surface area contributed by atoms with Gasteiger partial charge < -0.3 is 20.3 Å². The van der Waals surface area contributed by atoms with Gasteiger partial charge in [0.25, 0.3) is 5.91 Å². The molecule has 0 aliphatic heterocycles. The molecular formula is C13H15N3O3. The van der Waals surface area contributed by atoms with Crippen LogP contribution >= 0.6 is 0 Å². The summed E-state index contributed by atoms with van der Waals surface area (Å²) in [4.78, 5) is 11.5. The lowest BCUT2D eigenvalue weighted by Gasteiger charge is -2.06. The van der Waals surface area contributed by atoms with Gasteiger partial charge in [0.2, 0.25) is 0 Å². The molecule has 6 heteroatoms. The average molecular weight is 261 g/mol. The van der Waals surface area contributed by atoms with Gasteiger partial charge in [0.05, 0.1) is 6.54 Å². The quantitative estimate of drug-likeness (QED) is 0.791. The minimum atomic E-state index is -0.225. The highest BCUT2D eigenvalue weighted by Gasteiger charge is 2.05. The Balaban J connectivity index is 1.74. The maximum atomic E-state index is 11.5. The Kier molecular flexibility index (Phi) is 4.02. The lowest BCUT2D eigenvalue weighted by atomic mass is 10.3. The molecule has 6 nitrogen and oxygen atoms in total. The van der Waals surface area contributed by atoms with Gasteiger partial charge in [-0.25, -0.2) is 0 Å². The van der Waals surface area contributed by atoms with Gasteiger partial charge in [-0.05, 0) is 31.2 Å². The van der Waals surface area contributed by atoms with Gasteiger partial charge in [-0.3, -0.25) is 4.79 Å². The van der Waals surface area contributed by atoms with E-state index in [-0.39, 0.29) is 12.5 Å². The van der Waals surface area contributed by atoms with Crippen molar-refractivity contribution in [2.24, 2.45) is 0 Å². The van der Waals surface area contributed by atoms with Crippen LogP contribution in [0.4, 0.5) is 5.69 Å². The summed E-state index contributed by atoms with van der Waals surface area (Å²) >= 11 is 0. The van der Waals surface area contributed by atoms with Crippen molar-refractivity contribution in [1.82, 2.24) is 10.5 Å². The topological polar surface area (TPSA) is 90.4 Å². The fourth-order valence-electron chi connectivity index (χ4n) is 1.45. The predicted molar refractivity (Wildman–Crippen MR) is 69.4 cm³/mol. The van der Waals surface area contributed by atoms with Crippen LogP contribution in [0, 0.1) is 6.92 Å². The molecule has 0 saturated heterocycles. The van der Waals surface area contributed by atoms with E-state index in [1.54, 1.807) is 37.3 Å². The summed E-state index contributed by atoms with van der Waals surface area (Å²) in [7, 11) is 0. The number of nitrogens with zero attached hydrogens (tertiary/aromatic N) is 1. The van der Waals surface area contributed by atoms with Crippen molar-refractivity contribution in [3.05, 3.63) is 41.8 Å². The van der Waals surface area contributed by atoms with Crippen molar-refractivity contribution >= 4 is 11.6 Å². The summed E-state index contributed by atoms with van der Waals surface area (Å²) < 4.78 is 10.2. The summed E-state index contributed by atoms with van der Waals surface area (Å²) in [6.45, 7) is 2.06. The largest absolute Gasteiger partial charge is 0.484 e. The number of benzene rings is 1. The van der Waals surface area contributed by atoms with Crippen molar-refractivity contribution in [2.75, 3.05) is 12.3 Å². The molecule has 19 heavy (non-hydrogen) atoms. The third-order valence-electron chi connectivity index (χ3n) is 2.39. The van der Waals surface area contributed by atoms with E-state index in [4.69, 9.17) is 15.0 Å². The molecule has 2 rings (SSSR count). The standard InChI is InChI=1S/C13H15N3O3/c1-9-6-11(16-19-9)7-15-13(17)8-18-12-4-2-10(14)3-5-12/h2-6H,7-8,14H2,1H3,(H,15,17). The van der Waals surface area contributed by atoms with E-state index in [2.05, 4.69) is 10.5 Å². The van der Waals surface area contributed by atoms with E-state index >= 15 is 0 Å². The average Bonchev–Trinajstić information content (AvgIpc) is 2.81. The van der Waals surface area contributed by atoms with Crippen molar-refractivity contribution in [2.45, 2.75) is 13.5 Å². The number of rotatable bonds is 5. The minimum absolute atomic E-state index is 0.0548. The number of nitrogens with two attached hydrogens (primary N) is 1. The highest BCUT2D eigenvalue weighted by molar-refractivity contribution is 5.77. The number of carbonyl (C=O) groups excluding carboxylic acids is 1. The Morgan fingerprint density at radius 3 is 2.79 bits per heavy atom. The highest BCUT2D eigenvalue weighted by atomic mass is 16.5. The predicted octanol–water partition coefficient (Wildman–Crippen LogP) is 1.26. The summed E-state index contributed by atoms with van der Waals surface area (Å²) in [5.41, 5.74) is 6.88. The van der Waals surface area contributed by atoms with E-state index in [1.807, 2.05) is 0 Å². The highest BCUT2D eigenvalue weighted by Crippen LogP contribution is 2.12. The number of carbonyl (C=O) groups is 1. The molecule has 0 spiro atoms. The Morgan fingerprint density at radius 2 is 2.16 bits per heavy atom. The van der Waals surface area contributed by atoms with Crippen LogP contribution in [-0.4, -0.2) is 17.7 Å². The third kappa shape index (κ3) is 4.02. The maximum Gasteiger partial charge on any atom is 0.258 e. The van der Waals surface area contributed by atoms with Crippen LogP contribution < -0.4 is 15.8 Å². The number of hydrogen-bond donors (Lipinski definition) is 2. The van der Waals surface area contributed by atoms with Crippen molar-refractivity contribution in [3.8, 4) is 5.75 Å².